The molecular weight excluding hydrogens is 284 g/mol. The number of piperidine rings is 1. The highest BCUT2D eigenvalue weighted by Crippen LogP contribution is 2.16. The van der Waals surface area contributed by atoms with Gasteiger partial charge >= 0.3 is 0 Å². The van der Waals surface area contributed by atoms with E-state index in [-0.39, 0.29) is 11.9 Å². The van der Waals surface area contributed by atoms with Crippen LogP contribution in [0.25, 0.3) is 0 Å². The summed E-state index contributed by atoms with van der Waals surface area (Å²) in [5, 5.41) is 6.60. The lowest BCUT2D eigenvalue weighted by molar-refractivity contribution is 0.0913. The van der Waals surface area contributed by atoms with E-state index in [2.05, 4.69) is 29.7 Å². The molecule has 3 nitrogen and oxygen atoms in total. The molecule has 3 heteroatoms. The maximum absolute atomic E-state index is 12.7. The van der Waals surface area contributed by atoms with Gasteiger partial charge in [-0.3, -0.25) is 4.79 Å². The molecule has 0 aliphatic carbocycles. The topological polar surface area (TPSA) is 41.1 Å². The fourth-order valence-electron chi connectivity index (χ4n) is 3.19. The summed E-state index contributed by atoms with van der Waals surface area (Å²) in [6.07, 6.45) is 1.78. The largest absolute Gasteiger partial charge is 0.349 e. The number of carbonyl (C=O) groups excluding carboxylic acids is 1. The second-order valence-corrected chi connectivity index (χ2v) is 6.37. The highest BCUT2D eigenvalue weighted by molar-refractivity contribution is 5.96. The molecule has 0 bridgehead atoms. The van der Waals surface area contributed by atoms with E-state index < -0.39 is 0 Å². The summed E-state index contributed by atoms with van der Waals surface area (Å²) in [6.45, 7) is 4.13. The van der Waals surface area contributed by atoms with E-state index in [1.165, 1.54) is 5.56 Å². The maximum Gasteiger partial charge on any atom is 0.251 e. The van der Waals surface area contributed by atoms with Crippen LogP contribution in [0.4, 0.5) is 0 Å². The van der Waals surface area contributed by atoms with Gasteiger partial charge in [-0.1, -0.05) is 55.5 Å². The van der Waals surface area contributed by atoms with E-state index >= 15 is 0 Å². The summed E-state index contributed by atoms with van der Waals surface area (Å²) >= 11 is 0. The summed E-state index contributed by atoms with van der Waals surface area (Å²) in [5.41, 5.74) is 3.10. The molecule has 1 amide bonds. The van der Waals surface area contributed by atoms with Gasteiger partial charge in [0.1, 0.15) is 0 Å². The van der Waals surface area contributed by atoms with Crippen LogP contribution < -0.4 is 10.6 Å². The van der Waals surface area contributed by atoms with E-state index in [4.69, 9.17) is 0 Å². The monoisotopic (exact) mass is 308 g/mol. The molecule has 1 heterocycles. The van der Waals surface area contributed by atoms with E-state index in [0.29, 0.717) is 5.92 Å². The van der Waals surface area contributed by atoms with Crippen LogP contribution in [0, 0.1) is 5.92 Å². The standard InChI is InChI=1S/C20H24N2O/c1-15-14-21-12-11-19(15)22-20(23)18-10-6-5-9-17(18)13-16-7-3-2-4-8-16/h2-10,15,19,21H,11-14H2,1H3,(H,22,23). The van der Waals surface area contributed by atoms with Crippen LogP contribution >= 0.6 is 0 Å². The fraction of sp³-hybridized carbons (Fsp3) is 0.350. The molecule has 120 valence electrons. The molecule has 1 saturated heterocycles. The van der Waals surface area contributed by atoms with E-state index in [1.807, 2.05) is 42.5 Å². The number of benzene rings is 2. The third-order valence-electron chi connectivity index (χ3n) is 4.60. The van der Waals surface area contributed by atoms with Gasteiger partial charge in [0.2, 0.25) is 0 Å². The second-order valence-electron chi connectivity index (χ2n) is 6.37. The van der Waals surface area contributed by atoms with E-state index in [1.54, 1.807) is 0 Å². The Labute approximate surface area is 138 Å². The predicted molar refractivity (Wildman–Crippen MR) is 93.6 cm³/mol. The van der Waals surface area contributed by atoms with Crippen molar-refractivity contribution in [2.45, 2.75) is 25.8 Å². The van der Waals surface area contributed by atoms with Crippen LogP contribution in [-0.4, -0.2) is 25.0 Å². The maximum atomic E-state index is 12.7. The Bertz CT molecular complexity index is 654. The minimum absolute atomic E-state index is 0.0512. The molecule has 0 radical (unpaired) electrons. The Hall–Kier alpha value is -2.13. The summed E-state index contributed by atoms with van der Waals surface area (Å²) in [7, 11) is 0. The molecule has 2 aromatic rings. The minimum Gasteiger partial charge on any atom is -0.349 e. The third kappa shape index (κ3) is 3.99. The van der Waals surface area contributed by atoms with Crippen molar-refractivity contribution >= 4 is 5.91 Å². The Morgan fingerprint density at radius 3 is 2.65 bits per heavy atom. The van der Waals surface area contributed by atoms with Crippen molar-refractivity contribution in [3.8, 4) is 0 Å². The summed E-state index contributed by atoms with van der Waals surface area (Å²) < 4.78 is 0. The van der Waals surface area contributed by atoms with Crippen molar-refractivity contribution in [3.05, 3.63) is 71.3 Å². The average Bonchev–Trinajstić information content (AvgIpc) is 2.58. The molecule has 1 fully saturated rings. The Morgan fingerprint density at radius 1 is 1.13 bits per heavy atom. The molecule has 23 heavy (non-hydrogen) atoms. The van der Waals surface area contributed by atoms with Crippen molar-refractivity contribution in [2.24, 2.45) is 5.92 Å². The number of nitrogens with one attached hydrogen (secondary N) is 2. The minimum atomic E-state index is 0.0512. The molecule has 0 spiro atoms. The fourth-order valence-corrected chi connectivity index (χ4v) is 3.19. The van der Waals surface area contributed by atoms with Gasteiger partial charge in [-0.25, -0.2) is 0 Å². The zero-order valence-electron chi connectivity index (χ0n) is 13.6. The van der Waals surface area contributed by atoms with E-state index in [9.17, 15) is 4.79 Å². The van der Waals surface area contributed by atoms with Crippen LogP contribution in [0.3, 0.4) is 0 Å². The second kappa shape index (κ2) is 7.42. The molecule has 2 atom stereocenters. The molecule has 0 saturated carbocycles. The predicted octanol–water partition coefficient (Wildman–Crippen LogP) is 3.01. The third-order valence-corrected chi connectivity index (χ3v) is 4.60. The van der Waals surface area contributed by atoms with Gasteiger partial charge < -0.3 is 10.6 Å². The number of amides is 1. The lowest BCUT2D eigenvalue weighted by atomic mass is 9.94. The van der Waals surface area contributed by atoms with Crippen molar-refractivity contribution in [1.82, 2.24) is 10.6 Å². The zero-order valence-corrected chi connectivity index (χ0v) is 13.6. The van der Waals surface area contributed by atoms with Gasteiger partial charge in [0.25, 0.3) is 5.91 Å². The highest BCUT2D eigenvalue weighted by Gasteiger charge is 2.23. The Balaban J connectivity index is 1.75. The van der Waals surface area contributed by atoms with Crippen molar-refractivity contribution in [3.63, 3.8) is 0 Å². The molecule has 1 aliphatic heterocycles. The summed E-state index contributed by atoms with van der Waals surface area (Å²) in [4.78, 5) is 12.7. The number of hydrogen-bond acceptors (Lipinski definition) is 2. The first-order chi connectivity index (χ1) is 11.2. The molecule has 2 N–H and O–H groups in total. The van der Waals surface area contributed by atoms with Crippen LogP contribution in [-0.2, 0) is 6.42 Å². The Morgan fingerprint density at radius 2 is 1.87 bits per heavy atom. The number of rotatable bonds is 4. The highest BCUT2D eigenvalue weighted by atomic mass is 16.1. The molecule has 2 unspecified atom stereocenters. The average molecular weight is 308 g/mol. The van der Waals surface area contributed by atoms with Gasteiger partial charge in [0, 0.05) is 11.6 Å². The first-order valence-corrected chi connectivity index (χ1v) is 8.37. The van der Waals surface area contributed by atoms with Gasteiger partial charge in [-0.05, 0) is 49.0 Å². The normalized spacial score (nSPS) is 20.9. The first-order valence-electron chi connectivity index (χ1n) is 8.37. The van der Waals surface area contributed by atoms with Gasteiger partial charge in [0.05, 0.1) is 0 Å². The number of hydrogen-bond donors (Lipinski definition) is 2. The van der Waals surface area contributed by atoms with E-state index in [0.717, 1.165) is 37.1 Å². The molecule has 3 rings (SSSR count). The van der Waals surface area contributed by atoms with Crippen molar-refractivity contribution < 1.29 is 4.79 Å². The quantitative estimate of drug-likeness (QED) is 0.911. The van der Waals surface area contributed by atoms with Crippen molar-refractivity contribution in [1.29, 1.82) is 0 Å². The van der Waals surface area contributed by atoms with Gasteiger partial charge in [-0.15, -0.1) is 0 Å². The van der Waals surface area contributed by atoms with Crippen LogP contribution in [0.2, 0.25) is 0 Å². The zero-order chi connectivity index (χ0) is 16.1. The first kappa shape index (κ1) is 15.8. The molecule has 0 aromatic heterocycles. The van der Waals surface area contributed by atoms with Crippen molar-refractivity contribution in [2.75, 3.05) is 13.1 Å². The number of carbonyl (C=O) groups is 1. The van der Waals surface area contributed by atoms with Crippen LogP contribution in [0.1, 0.15) is 34.8 Å². The molecule has 2 aromatic carbocycles. The summed E-state index contributed by atoms with van der Waals surface area (Å²) in [5.74, 6) is 0.518. The lowest BCUT2D eigenvalue weighted by Gasteiger charge is -2.30. The van der Waals surface area contributed by atoms with Crippen LogP contribution in [0.15, 0.2) is 54.6 Å². The smallest absolute Gasteiger partial charge is 0.251 e. The Kier molecular flexibility index (Phi) is 5.09. The molecular formula is C20H24N2O. The molecule has 1 aliphatic rings. The van der Waals surface area contributed by atoms with Gasteiger partial charge in [0.15, 0.2) is 0 Å². The lowest BCUT2D eigenvalue weighted by Crippen LogP contribution is -2.48. The SMILES string of the molecule is CC1CNCCC1NC(=O)c1ccccc1Cc1ccccc1. The van der Waals surface area contributed by atoms with Crippen LogP contribution in [0.5, 0.6) is 0 Å². The summed E-state index contributed by atoms with van der Waals surface area (Å²) in [6, 6.07) is 18.5. The van der Waals surface area contributed by atoms with Gasteiger partial charge in [-0.2, -0.15) is 0 Å².